The maximum atomic E-state index is 12.3. The van der Waals surface area contributed by atoms with E-state index in [1.54, 1.807) is 11.4 Å². The molecule has 0 aliphatic carbocycles. The van der Waals surface area contributed by atoms with Crippen LogP contribution in [0.2, 0.25) is 0 Å². The Morgan fingerprint density at radius 1 is 1.38 bits per heavy atom. The highest BCUT2D eigenvalue weighted by molar-refractivity contribution is 7.89. The van der Waals surface area contributed by atoms with Gasteiger partial charge < -0.3 is 10.2 Å². The monoisotopic (exact) mass is 331 g/mol. The molecule has 1 aliphatic heterocycles. The lowest BCUT2D eigenvalue weighted by Crippen LogP contribution is -2.34. The highest BCUT2D eigenvalue weighted by atomic mass is 32.2. The molecule has 1 saturated heterocycles. The lowest BCUT2D eigenvalue weighted by atomic mass is 10.2. The van der Waals surface area contributed by atoms with Gasteiger partial charge in [-0.1, -0.05) is 6.92 Å². The molecule has 0 saturated carbocycles. The van der Waals surface area contributed by atoms with E-state index in [1.807, 2.05) is 7.05 Å². The average molecular weight is 332 g/mol. The highest BCUT2D eigenvalue weighted by Gasteiger charge is 2.19. The summed E-state index contributed by atoms with van der Waals surface area (Å²) in [5.74, 6) is 0.327. The second-order valence-corrected chi connectivity index (χ2v) is 8.51. The first-order valence-corrected chi connectivity index (χ1v) is 9.81. The molecule has 1 fully saturated rings. The summed E-state index contributed by atoms with van der Waals surface area (Å²) in [6, 6.07) is 1.74. The third-order valence-corrected chi connectivity index (χ3v) is 6.17. The van der Waals surface area contributed by atoms with E-state index >= 15 is 0 Å². The number of nitrogens with one attached hydrogen (secondary N) is 2. The largest absolute Gasteiger partial charge is 0.315 e. The van der Waals surface area contributed by atoms with Gasteiger partial charge >= 0.3 is 0 Å². The fourth-order valence-corrected chi connectivity index (χ4v) is 5.03. The molecule has 1 aromatic heterocycles. The van der Waals surface area contributed by atoms with Crippen LogP contribution >= 0.6 is 11.3 Å². The quantitative estimate of drug-likeness (QED) is 0.757. The lowest BCUT2D eigenvalue weighted by Gasteiger charge is -2.20. The molecule has 2 rings (SSSR count). The van der Waals surface area contributed by atoms with Crippen LogP contribution in [0.15, 0.2) is 16.3 Å². The van der Waals surface area contributed by atoms with Gasteiger partial charge in [-0.15, -0.1) is 11.3 Å². The van der Waals surface area contributed by atoms with Gasteiger partial charge in [0.25, 0.3) is 0 Å². The first-order chi connectivity index (χ1) is 10.0. The Kier molecular flexibility index (Phi) is 6.19. The SMILES string of the molecule is CNCc1cc(S(=O)(=O)NCC(C)CN2CCCC2)cs1. The van der Waals surface area contributed by atoms with E-state index in [-0.39, 0.29) is 0 Å². The number of thiophene rings is 1. The lowest BCUT2D eigenvalue weighted by molar-refractivity contribution is 0.288. The molecule has 0 aromatic carbocycles. The summed E-state index contributed by atoms with van der Waals surface area (Å²) in [4.78, 5) is 3.82. The Balaban J connectivity index is 1.84. The van der Waals surface area contributed by atoms with Crippen LogP contribution in [0.5, 0.6) is 0 Å². The zero-order valence-corrected chi connectivity index (χ0v) is 14.4. The maximum absolute atomic E-state index is 12.3. The Morgan fingerprint density at radius 2 is 2.10 bits per heavy atom. The summed E-state index contributed by atoms with van der Waals surface area (Å²) >= 11 is 1.47. The molecular formula is C14H25N3O2S2. The van der Waals surface area contributed by atoms with E-state index in [4.69, 9.17) is 0 Å². The Labute approximate surface area is 131 Å². The first-order valence-electron chi connectivity index (χ1n) is 7.45. The van der Waals surface area contributed by atoms with E-state index in [1.165, 1.54) is 24.2 Å². The minimum atomic E-state index is -3.37. The van der Waals surface area contributed by atoms with Crippen molar-refractivity contribution in [1.82, 2.24) is 14.9 Å². The van der Waals surface area contributed by atoms with Crippen molar-refractivity contribution in [3.05, 3.63) is 16.3 Å². The topological polar surface area (TPSA) is 61.4 Å². The molecule has 0 bridgehead atoms. The number of nitrogens with zero attached hydrogens (tertiary/aromatic N) is 1. The minimum absolute atomic E-state index is 0.327. The molecule has 2 N–H and O–H groups in total. The van der Waals surface area contributed by atoms with E-state index in [0.29, 0.717) is 23.9 Å². The molecule has 120 valence electrons. The predicted octanol–water partition coefficient (Wildman–Crippen LogP) is 1.48. The molecular weight excluding hydrogens is 306 g/mol. The molecule has 0 amide bonds. The predicted molar refractivity (Wildman–Crippen MR) is 87.1 cm³/mol. The van der Waals surface area contributed by atoms with Crippen molar-refractivity contribution in [2.75, 3.05) is 33.2 Å². The van der Waals surface area contributed by atoms with Crippen molar-refractivity contribution in [3.8, 4) is 0 Å². The normalized spacial score (nSPS) is 18.2. The van der Waals surface area contributed by atoms with Crippen LogP contribution in [0.25, 0.3) is 0 Å². The number of likely N-dealkylation sites (tertiary alicyclic amines) is 1. The summed E-state index contributed by atoms with van der Waals surface area (Å²) < 4.78 is 27.2. The third-order valence-electron chi connectivity index (χ3n) is 3.68. The minimum Gasteiger partial charge on any atom is -0.315 e. The van der Waals surface area contributed by atoms with Crippen molar-refractivity contribution in [2.45, 2.75) is 31.2 Å². The average Bonchev–Trinajstić information content (AvgIpc) is 3.09. The molecule has 1 unspecified atom stereocenters. The van der Waals surface area contributed by atoms with Crippen LogP contribution in [0.3, 0.4) is 0 Å². The summed E-state index contributed by atoms with van der Waals surface area (Å²) in [6.07, 6.45) is 2.53. The third kappa shape index (κ3) is 5.03. The van der Waals surface area contributed by atoms with Crippen LogP contribution in [-0.2, 0) is 16.6 Å². The summed E-state index contributed by atoms with van der Waals surface area (Å²) in [7, 11) is -1.52. The fourth-order valence-electron chi connectivity index (χ4n) is 2.57. The molecule has 1 atom stereocenters. The van der Waals surface area contributed by atoms with E-state index in [0.717, 1.165) is 24.5 Å². The van der Waals surface area contributed by atoms with Gasteiger partial charge in [0.2, 0.25) is 10.0 Å². The highest BCUT2D eigenvalue weighted by Crippen LogP contribution is 2.19. The molecule has 21 heavy (non-hydrogen) atoms. The first kappa shape index (κ1) is 16.9. The maximum Gasteiger partial charge on any atom is 0.241 e. The van der Waals surface area contributed by atoms with Gasteiger partial charge in [0, 0.05) is 29.9 Å². The molecule has 0 radical (unpaired) electrons. The zero-order valence-electron chi connectivity index (χ0n) is 12.8. The molecule has 7 heteroatoms. The standard InChI is InChI=1S/C14H25N3O2S2/c1-12(10-17-5-3-4-6-17)8-16-21(18,19)14-7-13(9-15-2)20-11-14/h7,11-12,15-16H,3-6,8-10H2,1-2H3. The molecule has 5 nitrogen and oxygen atoms in total. The van der Waals surface area contributed by atoms with Gasteiger partial charge in [-0.2, -0.15) is 0 Å². The van der Waals surface area contributed by atoms with E-state index in [9.17, 15) is 8.42 Å². The fraction of sp³-hybridized carbons (Fsp3) is 0.714. The van der Waals surface area contributed by atoms with Crippen LogP contribution in [0.4, 0.5) is 0 Å². The molecule has 1 aromatic rings. The van der Waals surface area contributed by atoms with Crippen LogP contribution in [-0.4, -0.2) is 46.5 Å². The Hall–Kier alpha value is -0.470. The Bertz CT molecular complexity index is 536. The molecule has 1 aliphatic rings. The van der Waals surface area contributed by atoms with Gasteiger partial charge in [0.05, 0.1) is 4.90 Å². The van der Waals surface area contributed by atoms with Crippen LogP contribution in [0, 0.1) is 5.92 Å². The van der Waals surface area contributed by atoms with Crippen LogP contribution < -0.4 is 10.0 Å². The van der Waals surface area contributed by atoms with Crippen molar-refractivity contribution in [2.24, 2.45) is 5.92 Å². The van der Waals surface area contributed by atoms with Crippen molar-refractivity contribution in [1.29, 1.82) is 0 Å². The van der Waals surface area contributed by atoms with Crippen molar-refractivity contribution in [3.63, 3.8) is 0 Å². The number of hydrogen-bond donors (Lipinski definition) is 2. The van der Waals surface area contributed by atoms with Gasteiger partial charge in [-0.05, 0) is 45.0 Å². The van der Waals surface area contributed by atoms with Gasteiger partial charge in [-0.25, -0.2) is 13.1 Å². The number of rotatable bonds is 8. The van der Waals surface area contributed by atoms with Gasteiger partial charge in [0.15, 0.2) is 0 Å². The summed E-state index contributed by atoms with van der Waals surface area (Å²) in [5, 5.41) is 4.74. The van der Waals surface area contributed by atoms with Crippen LogP contribution in [0.1, 0.15) is 24.6 Å². The second-order valence-electron chi connectivity index (χ2n) is 5.74. The smallest absolute Gasteiger partial charge is 0.241 e. The van der Waals surface area contributed by atoms with Crippen molar-refractivity contribution >= 4 is 21.4 Å². The molecule has 2 heterocycles. The number of sulfonamides is 1. The second kappa shape index (κ2) is 7.69. The zero-order chi connectivity index (χ0) is 15.3. The summed E-state index contributed by atoms with van der Waals surface area (Å²) in [6.45, 7) is 6.56. The van der Waals surface area contributed by atoms with Gasteiger partial charge in [0.1, 0.15) is 0 Å². The van der Waals surface area contributed by atoms with Gasteiger partial charge in [-0.3, -0.25) is 0 Å². The van der Waals surface area contributed by atoms with E-state index < -0.39 is 10.0 Å². The summed E-state index contributed by atoms with van der Waals surface area (Å²) in [5.41, 5.74) is 0. The Morgan fingerprint density at radius 3 is 2.76 bits per heavy atom. The van der Waals surface area contributed by atoms with Crippen molar-refractivity contribution < 1.29 is 8.42 Å². The van der Waals surface area contributed by atoms with E-state index in [2.05, 4.69) is 21.9 Å². The molecule has 0 spiro atoms. The number of hydrogen-bond acceptors (Lipinski definition) is 5.